The Labute approximate surface area is 143 Å². The summed E-state index contributed by atoms with van der Waals surface area (Å²) in [6.07, 6.45) is 7.06. The lowest BCUT2D eigenvalue weighted by Gasteiger charge is -2.22. The van der Waals surface area contributed by atoms with Gasteiger partial charge in [-0.2, -0.15) is 0 Å². The zero-order chi connectivity index (χ0) is 17.8. The third-order valence-corrected chi connectivity index (χ3v) is 3.49. The summed E-state index contributed by atoms with van der Waals surface area (Å²) in [5.41, 5.74) is 4.25. The summed E-state index contributed by atoms with van der Waals surface area (Å²) in [7, 11) is 2.66. The van der Waals surface area contributed by atoms with Crippen LogP contribution in [0.2, 0.25) is 0 Å². The molecule has 0 aromatic carbocycles. The van der Waals surface area contributed by atoms with Crippen molar-refractivity contribution >= 4 is 11.9 Å². The lowest BCUT2D eigenvalue weighted by molar-refractivity contribution is -0.160. The maximum Gasteiger partial charge on any atom is 0.343 e. The van der Waals surface area contributed by atoms with Crippen molar-refractivity contribution in [3.63, 3.8) is 0 Å². The fourth-order valence-electron chi connectivity index (χ4n) is 2.16. The summed E-state index contributed by atoms with van der Waals surface area (Å²) in [6.45, 7) is 2.65. The molecule has 1 atom stereocenters. The van der Waals surface area contributed by atoms with Crippen LogP contribution in [0.3, 0.4) is 0 Å². The predicted octanol–water partition coefficient (Wildman–Crippen LogP) is 2.68. The van der Waals surface area contributed by atoms with E-state index in [9.17, 15) is 9.59 Å². The Morgan fingerprint density at radius 3 is 2.67 bits per heavy atom. The molecule has 0 N–H and O–H groups in total. The minimum atomic E-state index is -0.463. The van der Waals surface area contributed by atoms with Crippen LogP contribution >= 0.6 is 0 Å². The van der Waals surface area contributed by atoms with Gasteiger partial charge in [-0.25, -0.2) is 9.59 Å². The number of carbonyl (C=O) groups excluding carboxylic acids is 2. The van der Waals surface area contributed by atoms with Crippen molar-refractivity contribution < 1.29 is 28.5 Å². The Balaban J connectivity index is 2.62. The van der Waals surface area contributed by atoms with Crippen LogP contribution in [0.1, 0.15) is 39.0 Å². The van der Waals surface area contributed by atoms with E-state index in [4.69, 9.17) is 14.2 Å². The monoisotopic (exact) mass is 338 g/mol. The van der Waals surface area contributed by atoms with Crippen molar-refractivity contribution in [2.75, 3.05) is 27.4 Å². The molecule has 0 radical (unpaired) electrons. The normalized spacial score (nSPS) is 17.2. The average Bonchev–Trinajstić information content (AvgIpc) is 2.62. The van der Waals surface area contributed by atoms with Crippen molar-refractivity contribution in [2.24, 2.45) is 0 Å². The van der Waals surface area contributed by atoms with Crippen LogP contribution in [-0.2, 0) is 28.5 Å². The first-order valence-electron chi connectivity index (χ1n) is 8.08. The van der Waals surface area contributed by atoms with E-state index in [1.54, 1.807) is 6.08 Å². The molecule has 134 valence electrons. The summed E-state index contributed by atoms with van der Waals surface area (Å²) < 4.78 is 20.4. The molecule has 1 aliphatic rings. The fraction of sp³-hybridized carbons (Fsp3) is 0.611. The summed E-state index contributed by atoms with van der Waals surface area (Å²) in [4.78, 5) is 22.8. The van der Waals surface area contributed by atoms with Crippen molar-refractivity contribution in [2.45, 2.75) is 45.3 Å². The highest BCUT2D eigenvalue weighted by Crippen LogP contribution is 2.15. The molecule has 1 rings (SSSR count). The number of allylic oxidation sites excluding steroid dienone is 1. The molecule has 0 aromatic heterocycles. The molecule has 6 heteroatoms. The number of hydrogen-bond donors (Lipinski definition) is 0. The molecule has 0 aliphatic carbocycles. The van der Waals surface area contributed by atoms with E-state index < -0.39 is 5.97 Å². The lowest BCUT2D eigenvalue weighted by atomic mass is 10.1. The molecule has 24 heavy (non-hydrogen) atoms. The first kappa shape index (κ1) is 20.2. The van der Waals surface area contributed by atoms with Gasteiger partial charge in [0.25, 0.3) is 0 Å². The van der Waals surface area contributed by atoms with Crippen LogP contribution in [0.25, 0.3) is 0 Å². The lowest BCUT2D eigenvalue weighted by Crippen LogP contribution is -2.24. The highest BCUT2D eigenvalue weighted by Gasteiger charge is 2.17. The van der Waals surface area contributed by atoms with Gasteiger partial charge in [-0.1, -0.05) is 6.08 Å². The molecule has 0 aromatic rings. The van der Waals surface area contributed by atoms with E-state index in [1.807, 2.05) is 6.92 Å². The van der Waals surface area contributed by atoms with Gasteiger partial charge >= 0.3 is 11.9 Å². The molecular formula is C18H26O6. The van der Waals surface area contributed by atoms with Gasteiger partial charge < -0.3 is 18.9 Å². The maximum atomic E-state index is 11.8. The second-order valence-electron chi connectivity index (χ2n) is 5.45. The highest BCUT2D eigenvalue weighted by atomic mass is 16.7. The highest BCUT2D eigenvalue weighted by molar-refractivity contribution is 5.88. The van der Waals surface area contributed by atoms with Crippen molar-refractivity contribution in [3.05, 3.63) is 29.0 Å². The molecule has 0 bridgehead atoms. The molecule has 0 saturated carbocycles. The first-order valence-corrected chi connectivity index (χ1v) is 8.08. The molecule has 1 unspecified atom stereocenters. The van der Waals surface area contributed by atoms with Crippen molar-refractivity contribution in [1.29, 1.82) is 0 Å². The van der Waals surface area contributed by atoms with Crippen LogP contribution in [0, 0.1) is 0 Å². The number of methoxy groups -OCH3 is 2. The van der Waals surface area contributed by atoms with E-state index in [0.717, 1.165) is 24.8 Å². The van der Waals surface area contributed by atoms with E-state index in [-0.39, 0.29) is 18.9 Å². The quantitative estimate of drug-likeness (QED) is 0.385. The molecule has 1 aliphatic heterocycles. The van der Waals surface area contributed by atoms with E-state index >= 15 is 0 Å². The van der Waals surface area contributed by atoms with Crippen molar-refractivity contribution in [3.8, 4) is 0 Å². The van der Waals surface area contributed by atoms with Crippen LogP contribution in [0.4, 0.5) is 0 Å². The molecule has 0 spiro atoms. The standard InChI is InChI=1S/C18H26O6/c1-14(8-4-5-9-16(19)21-2)12-15(18(20)22-3)13-24-17-10-6-7-11-23-17/h5,9,17H,4,6-8,10-11,13H2,1-3H3/b9-5+. The summed E-state index contributed by atoms with van der Waals surface area (Å²) >= 11 is 0. The zero-order valence-electron chi connectivity index (χ0n) is 14.6. The fourth-order valence-corrected chi connectivity index (χ4v) is 2.16. The van der Waals surface area contributed by atoms with Gasteiger partial charge in [0, 0.05) is 12.7 Å². The predicted molar refractivity (Wildman–Crippen MR) is 88.2 cm³/mol. The van der Waals surface area contributed by atoms with E-state index in [1.165, 1.54) is 20.3 Å². The second kappa shape index (κ2) is 11.6. The van der Waals surface area contributed by atoms with Gasteiger partial charge in [-0.05, 0) is 44.6 Å². The Bertz CT molecular complexity index is 508. The molecule has 6 nitrogen and oxygen atoms in total. The summed E-state index contributed by atoms with van der Waals surface area (Å²) in [5, 5.41) is 0. The third kappa shape index (κ3) is 8.11. The number of esters is 2. The summed E-state index contributed by atoms with van der Waals surface area (Å²) in [6, 6.07) is 0. The van der Waals surface area contributed by atoms with Crippen LogP contribution < -0.4 is 0 Å². The topological polar surface area (TPSA) is 71.1 Å². The maximum absolute atomic E-state index is 11.8. The Hall–Kier alpha value is -1.88. The number of ether oxygens (including phenoxy) is 4. The SMILES string of the molecule is COC(=O)/C=C/CCC(C)=C=C(COC1CCCCO1)C(=O)OC. The number of rotatable bonds is 8. The van der Waals surface area contributed by atoms with Gasteiger partial charge in [-0.15, -0.1) is 5.73 Å². The largest absolute Gasteiger partial charge is 0.466 e. The summed E-state index contributed by atoms with van der Waals surface area (Å²) in [5.74, 6) is -0.849. The number of hydrogen-bond acceptors (Lipinski definition) is 6. The molecule has 1 saturated heterocycles. The van der Waals surface area contributed by atoms with Crippen LogP contribution in [0.15, 0.2) is 29.0 Å². The minimum Gasteiger partial charge on any atom is -0.466 e. The van der Waals surface area contributed by atoms with Gasteiger partial charge in [0.15, 0.2) is 6.29 Å². The van der Waals surface area contributed by atoms with Gasteiger partial charge in [-0.3, -0.25) is 0 Å². The molecular weight excluding hydrogens is 312 g/mol. The Morgan fingerprint density at radius 2 is 2.04 bits per heavy atom. The Kier molecular flexibility index (Phi) is 9.77. The second-order valence-corrected chi connectivity index (χ2v) is 5.45. The minimum absolute atomic E-state index is 0.104. The van der Waals surface area contributed by atoms with Gasteiger partial charge in [0.05, 0.1) is 20.8 Å². The van der Waals surface area contributed by atoms with Crippen LogP contribution in [-0.4, -0.2) is 45.7 Å². The smallest absolute Gasteiger partial charge is 0.343 e. The van der Waals surface area contributed by atoms with Gasteiger partial charge in [0.1, 0.15) is 5.57 Å². The van der Waals surface area contributed by atoms with Gasteiger partial charge in [0.2, 0.25) is 0 Å². The molecule has 0 amide bonds. The van der Waals surface area contributed by atoms with Crippen molar-refractivity contribution in [1.82, 2.24) is 0 Å². The molecule has 1 heterocycles. The van der Waals surface area contributed by atoms with E-state index in [2.05, 4.69) is 10.5 Å². The first-order chi connectivity index (χ1) is 11.6. The number of carbonyl (C=O) groups is 2. The zero-order valence-corrected chi connectivity index (χ0v) is 14.6. The van der Waals surface area contributed by atoms with Crippen LogP contribution in [0.5, 0.6) is 0 Å². The Morgan fingerprint density at radius 1 is 1.25 bits per heavy atom. The third-order valence-electron chi connectivity index (χ3n) is 3.49. The van der Waals surface area contributed by atoms with E-state index in [0.29, 0.717) is 25.0 Å². The average molecular weight is 338 g/mol. The molecule has 1 fully saturated rings.